The molecule has 0 spiro atoms. The number of aromatic amines is 1. The van der Waals surface area contributed by atoms with E-state index in [1.807, 2.05) is 0 Å². The smallest absolute Gasteiger partial charge is 0.149 e. The molecule has 2 heterocycles. The maximum Gasteiger partial charge on any atom is 0.149 e. The molecule has 0 unspecified atom stereocenters. The van der Waals surface area contributed by atoms with Crippen molar-refractivity contribution in [3.63, 3.8) is 0 Å². The standard InChI is InChI=1S/C10H12N4/c1-2-4-8-7(3-1)9(14-13-8)10-11-5-6-12-10/h2,4H,1,3,5-6H2,(H,11,12)(H,13,14). The van der Waals surface area contributed by atoms with E-state index in [2.05, 4.69) is 32.7 Å². The number of H-pyrrole nitrogens is 1. The molecule has 0 bridgehead atoms. The van der Waals surface area contributed by atoms with Crippen molar-refractivity contribution >= 4 is 11.9 Å². The summed E-state index contributed by atoms with van der Waals surface area (Å²) in [5.41, 5.74) is 3.46. The fourth-order valence-electron chi connectivity index (χ4n) is 1.95. The molecule has 0 amide bonds. The van der Waals surface area contributed by atoms with Crippen molar-refractivity contribution in [2.75, 3.05) is 13.1 Å². The van der Waals surface area contributed by atoms with E-state index >= 15 is 0 Å². The highest BCUT2D eigenvalue weighted by molar-refractivity contribution is 6.00. The molecule has 72 valence electrons. The Bertz CT molecular complexity index is 414. The highest BCUT2D eigenvalue weighted by Gasteiger charge is 2.19. The van der Waals surface area contributed by atoms with Crippen LogP contribution >= 0.6 is 0 Å². The fourth-order valence-corrected chi connectivity index (χ4v) is 1.95. The van der Waals surface area contributed by atoms with Crippen molar-refractivity contribution in [1.29, 1.82) is 0 Å². The number of hydrogen-bond acceptors (Lipinski definition) is 3. The van der Waals surface area contributed by atoms with Crippen LogP contribution in [0.5, 0.6) is 0 Å². The van der Waals surface area contributed by atoms with Crippen molar-refractivity contribution < 1.29 is 0 Å². The monoisotopic (exact) mass is 188 g/mol. The number of fused-ring (bicyclic) bond motifs is 1. The van der Waals surface area contributed by atoms with Crippen LogP contribution in [0, 0.1) is 0 Å². The number of aromatic nitrogens is 2. The molecule has 14 heavy (non-hydrogen) atoms. The minimum Gasteiger partial charge on any atom is -0.367 e. The second-order valence-corrected chi connectivity index (χ2v) is 3.56. The maximum atomic E-state index is 4.39. The van der Waals surface area contributed by atoms with Crippen LogP contribution in [0.3, 0.4) is 0 Å². The lowest BCUT2D eigenvalue weighted by Crippen LogP contribution is -2.21. The van der Waals surface area contributed by atoms with Gasteiger partial charge in [-0.25, -0.2) is 0 Å². The number of allylic oxidation sites excluding steroid dienone is 1. The van der Waals surface area contributed by atoms with Crippen LogP contribution < -0.4 is 5.32 Å². The van der Waals surface area contributed by atoms with Crippen LogP contribution in [-0.2, 0) is 6.42 Å². The number of amidine groups is 1. The summed E-state index contributed by atoms with van der Waals surface area (Å²) in [6.07, 6.45) is 6.45. The van der Waals surface area contributed by atoms with Gasteiger partial charge in [-0.15, -0.1) is 0 Å². The summed E-state index contributed by atoms with van der Waals surface area (Å²) in [5, 5.41) is 10.6. The molecule has 0 aromatic carbocycles. The predicted molar refractivity (Wildman–Crippen MR) is 55.3 cm³/mol. The van der Waals surface area contributed by atoms with Gasteiger partial charge in [-0.05, 0) is 18.9 Å². The van der Waals surface area contributed by atoms with Gasteiger partial charge in [0, 0.05) is 12.1 Å². The van der Waals surface area contributed by atoms with E-state index in [-0.39, 0.29) is 0 Å². The largest absolute Gasteiger partial charge is 0.367 e. The normalized spacial score (nSPS) is 19.0. The minimum atomic E-state index is 0.868. The molecule has 0 saturated carbocycles. The summed E-state index contributed by atoms with van der Waals surface area (Å²) in [5.74, 6) is 0.956. The third-order valence-electron chi connectivity index (χ3n) is 2.64. The number of nitrogens with zero attached hydrogens (tertiary/aromatic N) is 2. The molecule has 1 aromatic rings. The van der Waals surface area contributed by atoms with Gasteiger partial charge in [0.25, 0.3) is 0 Å². The molecular formula is C10H12N4. The molecule has 2 N–H and O–H groups in total. The molecule has 0 radical (unpaired) electrons. The van der Waals surface area contributed by atoms with Gasteiger partial charge in [-0.3, -0.25) is 10.1 Å². The van der Waals surface area contributed by atoms with Gasteiger partial charge >= 0.3 is 0 Å². The van der Waals surface area contributed by atoms with Gasteiger partial charge in [-0.1, -0.05) is 6.08 Å². The number of hydrogen-bond donors (Lipinski definition) is 2. The van der Waals surface area contributed by atoms with Crippen LogP contribution in [0.2, 0.25) is 0 Å². The van der Waals surface area contributed by atoms with Crippen molar-refractivity contribution in [2.45, 2.75) is 12.8 Å². The Labute approximate surface area is 82.1 Å². The third-order valence-corrected chi connectivity index (χ3v) is 2.64. The second kappa shape index (κ2) is 2.97. The van der Waals surface area contributed by atoms with Crippen molar-refractivity contribution in [1.82, 2.24) is 15.5 Å². The molecule has 2 aliphatic rings. The van der Waals surface area contributed by atoms with E-state index in [4.69, 9.17) is 0 Å². The van der Waals surface area contributed by atoms with Gasteiger partial charge < -0.3 is 5.32 Å². The lowest BCUT2D eigenvalue weighted by atomic mass is 10.0. The van der Waals surface area contributed by atoms with Crippen LogP contribution in [0.4, 0.5) is 0 Å². The lowest BCUT2D eigenvalue weighted by Gasteiger charge is -2.06. The molecule has 4 nitrogen and oxygen atoms in total. The summed E-state index contributed by atoms with van der Waals surface area (Å²) in [4.78, 5) is 4.39. The van der Waals surface area contributed by atoms with E-state index in [1.165, 1.54) is 5.56 Å². The van der Waals surface area contributed by atoms with Crippen molar-refractivity contribution in [2.24, 2.45) is 4.99 Å². The summed E-state index contributed by atoms with van der Waals surface area (Å²) in [6, 6.07) is 0. The SMILES string of the molecule is C1=Cc2[nH]nc(C3=NCCN3)c2CC1. The zero-order valence-corrected chi connectivity index (χ0v) is 7.88. The Morgan fingerprint density at radius 1 is 1.36 bits per heavy atom. The summed E-state index contributed by atoms with van der Waals surface area (Å²) in [6.45, 7) is 1.81. The first kappa shape index (κ1) is 7.79. The molecule has 0 fully saturated rings. The van der Waals surface area contributed by atoms with E-state index in [0.717, 1.165) is 43.2 Å². The highest BCUT2D eigenvalue weighted by atomic mass is 15.2. The zero-order valence-electron chi connectivity index (χ0n) is 7.88. The maximum absolute atomic E-state index is 4.39. The first-order valence-corrected chi connectivity index (χ1v) is 4.97. The van der Waals surface area contributed by atoms with Gasteiger partial charge in [-0.2, -0.15) is 5.10 Å². The number of nitrogens with one attached hydrogen (secondary N) is 2. The first-order chi connectivity index (χ1) is 6.95. The highest BCUT2D eigenvalue weighted by Crippen LogP contribution is 2.20. The molecule has 4 heteroatoms. The van der Waals surface area contributed by atoms with E-state index in [0.29, 0.717) is 0 Å². The molecule has 1 aliphatic heterocycles. The van der Waals surface area contributed by atoms with E-state index in [1.54, 1.807) is 0 Å². The Morgan fingerprint density at radius 3 is 3.21 bits per heavy atom. The molecule has 0 atom stereocenters. The average Bonchev–Trinajstić information content (AvgIpc) is 2.85. The Hall–Kier alpha value is -1.58. The van der Waals surface area contributed by atoms with Gasteiger partial charge in [0.05, 0.1) is 12.2 Å². The van der Waals surface area contributed by atoms with Crippen LogP contribution in [-0.4, -0.2) is 29.1 Å². The quantitative estimate of drug-likeness (QED) is 0.682. The Balaban J connectivity index is 2.06. The van der Waals surface area contributed by atoms with Crippen molar-refractivity contribution in [3.8, 4) is 0 Å². The van der Waals surface area contributed by atoms with Crippen molar-refractivity contribution in [3.05, 3.63) is 23.0 Å². The molecular weight excluding hydrogens is 176 g/mol. The second-order valence-electron chi connectivity index (χ2n) is 3.56. The fraction of sp³-hybridized carbons (Fsp3) is 0.400. The first-order valence-electron chi connectivity index (χ1n) is 4.97. The molecule has 1 aromatic heterocycles. The molecule has 3 rings (SSSR count). The number of aliphatic imine (C=N–C) groups is 1. The summed E-state index contributed by atoms with van der Waals surface area (Å²) < 4.78 is 0. The molecule has 1 aliphatic carbocycles. The van der Waals surface area contributed by atoms with E-state index < -0.39 is 0 Å². The van der Waals surface area contributed by atoms with Crippen LogP contribution in [0.15, 0.2) is 11.1 Å². The number of rotatable bonds is 1. The van der Waals surface area contributed by atoms with Crippen LogP contribution in [0.25, 0.3) is 6.08 Å². The van der Waals surface area contributed by atoms with Crippen LogP contribution in [0.1, 0.15) is 23.4 Å². The van der Waals surface area contributed by atoms with Gasteiger partial charge in [0.15, 0.2) is 0 Å². The third kappa shape index (κ3) is 1.07. The minimum absolute atomic E-state index is 0.868. The average molecular weight is 188 g/mol. The molecule has 0 saturated heterocycles. The Morgan fingerprint density at radius 2 is 2.36 bits per heavy atom. The Kier molecular flexibility index (Phi) is 1.65. The van der Waals surface area contributed by atoms with E-state index in [9.17, 15) is 0 Å². The zero-order chi connectivity index (χ0) is 9.38. The lowest BCUT2D eigenvalue weighted by molar-refractivity contribution is 0.952. The summed E-state index contributed by atoms with van der Waals surface area (Å²) >= 11 is 0. The predicted octanol–water partition coefficient (Wildman–Crippen LogP) is 0.719. The van der Waals surface area contributed by atoms with Gasteiger partial charge in [0.1, 0.15) is 11.5 Å². The topological polar surface area (TPSA) is 53.1 Å². The summed E-state index contributed by atoms with van der Waals surface area (Å²) in [7, 11) is 0. The van der Waals surface area contributed by atoms with Gasteiger partial charge in [0.2, 0.25) is 0 Å².